The number of benzene rings is 1. The van der Waals surface area contributed by atoms with E-state index in [1.165, 1.54) is 0 Å². The highest BCUT2D eigenvalue weighted by Gasteiger charge is 2.09. The van der Waals surface area contributed by atoms with Gasteiger partial charge >= 0.3 is 5.97 Å². The fourth-order valence-electron chi connectivity index (χ4n) is 1.07. The average Bonchev–Trinajstić information content (AvgIpc) is 2.27. The predicted octanol–water partition coefficient (Wildman–Crippen LogP) is 2.67. The molecule has 0 radical (unpaired) electrons. The van der Waals surface area contributed by atoms with Crippen molar-refractivity contribution in [1.29, 1.82) is 0 Å². The Morgan fingerprint density at radius 2 is 2.00 bits per heavy atom. The van der Waals surface area contributed by atoms with Gasteiger partial charge in [-0.05, 0) is 19.4 Å². The molecule has 16 heavy (non-hydrogen) atoms. The summed E-state index contributed by atoms with van der Waals surface area (Å²) in [7, 11) is 0. The molecule has 1 atom stereocenters. The van der Waals surface area contributed by atoms with Gasteiger partial charge < -0.3 is 9.47 Å². The second kappa shape index (κ2) is 6.08. The van der Waals surface area contributed by atoms with Crippen LogP contribution in [-0.2, 0) is 20.9 Å². The van der Waals surface area contributed by atoms with E-state index in [0.29, 0.717) is 12.2 Å². The van der Waals surface area contributed by atoms with Gasteiger partial charge in [-0.2, -0.15) is 0 Å². The van der Waals surface area contributed by atoms with Gasteiger partial charge in [-0.1, -0.05) is 36.9 Å². The minimum absolute atomic E-state index is 0.371. The van der Waals surface area contributed by atoms with Crippen LogP contribution in [0.4, 0.5) is 0 Å². The van der Waals surface area contributed by atoms with Crippen molar-refractivity contribution >= 4 is 5.97 Å². The van der Waals surface area contributed by atoms with Crippen molar-refractivity contribution < 1.29 is 14.3 Å². The molecule has 0 saturated heterocycles. The number of ether oxygens (including phenoxy) is 2. The summed E-state index contributed by atoms with van der Waals surface area (Å²) in [5, 5.41) is 0. The lowest BCUT2D eigenvalue weighted by Gasteiger charge is -2.13. The summed E-state index contributed by atoms with van der Waals surface area (Å²) in [5.74, 6) is -0.430. The lowest BCUT2D eigenvalue weighted by molar-refractivity contribution is -0.172. The van der Waals surface area contributed by atoms with Crippen molar-refractivity contribution in [3.8, 4) is 0 Å². The summed E-state index contributed by atoms with van der Waals surface area (Å²) in [4.78, 5) is 11.2. The molecular weight excluding hydrogens is 204 g/mol. The van der Waals surface area contributed by atoms with Crippen LogP contribution in [0.5, 0.6) is 0 Å². The van der Waals surface area contributed by atoms with Crippen LogP contribution in [0.25, 0.3) is 0 Å². The number of hydrogen-bond acceptors (Lipinski definition) is 3. The minimum atomic E-state index is -0.565. The SMILES string of the molecule is C=C(C)C(=O)OC(C)OCc1ccccc1. The molecule has 1 aromatic carbocycles. The third-order valence-corrected chi connectivity index (χ3v) is 1.95. The van der Waals surface area contributed by atoms with Gasteiger partial charge in [0.05, 0.1) is 6.61 Å². The molecule has 0 aromatic heterocycles. The molecule has 0 aliphatic carbocycles. The van der Waals surface area contributed by atoms with Gasteiger partial charge in [0.1, 0.15) is 0 Å². The first-order chi connectivity index (χ1) is 7.59. The molecule has 0 spiro atoms. The number of rotatable bonds is 5. The van der Waals surface area contributed by atoms with Gasteiger partial charge in [-0.3, -0.25) is 0 Å². The molecule has 0 aliphatic heterocycles. The summed E-state index contributed by atoms with van der Waals surface area (Å²) < 4.78 is 10.3. The molecule has 0 fully saturated rings. The zero-order valence-corrected chi connectivity index (χ0v) is 9.60. The van der Waals surface area contributed by atoms with Crippen LogP contribution in [0.1, 0.15) is 19.4 Å². The molecule has 1 unspecified atom stereocenters. The largest absolute Gasteiger partial charge is 0.433 e. The molecule has 1 aromatic rings. The Bertz CT molecular complexity index is 357. The topological polar surface area (TPSA) is 35.5 Å². The second-order valence-electron chi connectivity index (χ2n) is 3.55. The van der Waals surface area contributed by atoms with E-state index in [0.717, 1.165) is 5.56 Å². The molecule has 0 amide bonds. The Morgan fingerprint density at radius 3 is 2.56 bits per heavy atom. The minimum Gasteiger partial charge on any atom is -0.433 e. The molecule has 0 aliphatic rings. The Kier molecular flexibility index (Phi) is 4.73. The van der Waals surface area contributed by atoms with Crippen LogP contribution in [0.3, 0.4) is 0 Å². The lowest BCUT2D eigenvalue weighted by atomic mass is 10.2. The van der Waals surface area contributed by atoms with E-state index >= 15 is 0 Å². The first-order valence-electron chi connectivity index (χ1n) is 5.11. The predicted molar refractivity (Wildman–Crippen MR) is 61.6 cm³/mol. The first-order valence-corrected chi connectivity index (χ1v) is 5.11. The molecule has 1 rings (SSSR count). The van der Waals surface area contributed by atoms with Gasteiger partial charge in [-0.25, -0.2) is 4.79 Å². The van der Waals surface area contributed by atoms with Crippen LogP contribution in [-0.4, -0.2) is 12.3 Å². The quantitative estimate of drug-likeness (QED) is 0.435. The Hall–Kier alpha value is -1.61. The van der Waals surface area contributed by atoms with Gasteiger partial charge in [-0.15, -0.1) is 0 Å². The van der Waals surface area contributed by atoms with E-state index in [1.54, 1.807) is 13.8 Å². The molecular formula is C13H16O3. The molecule has 3 nitrogen and oxygen atoms in total. The van der Waals surface area contributed by atoms with Crippen molar-refractivity contribution in [2.45, 2.75) is 26.7 Å². The first kappa shape index (κ1) is 12.5. The summed E-state index contributed by atoms with van der Waals surface area (Å²) in [6, 6.07) is 9.71. The summed E-state index contributed by atoms with van der Waals surface area (Å²) in [6.07, 6.45) is -0.565. The van der Waals surface area contributed by atoms with E-state index in [2.05, 4.69) is 6.58 Å². The van der Waals surface area contributed by atoms with Crippen LogP contribution >= 0.6 is 0 Å². The molecule has 0 saturated carbocycles. The van der Waals surface area contributed by atoms with Crippen molar-refractivity contribution in [2.24, 2.45) is 0 Å². The van der Waals surface area contributed by atoms with Crippen molar-refractivity contribution in [2.75, 3.05) is 0 Å². The Labute approximate surface area is 95.7 Å². The second-order valence-corrected chi connectivity index (χ2v) is 3.55. The van der Waals surface area contributed by atoms with E-state index in [9.17, 15) is 4.79 Å². The van der Waals surface area contributed by atoms with E-state index in [1.807, 2.05) is 30.3 Å². The van der Waals surface area contributed by atoms with Crippen molar-refractivity contribution in [1.82, 2.24) is 0 Å². The van der Waals surface area contributed by atoms with Crippen LogP contribution in [0.2, 0.25) is 0 Å². The van der Waals surface area contributed by atoms with E-state index in [-0.39, 0.29) is 0 Å². The third-order valence-electron chi connectivity index (χ3n) is 1.95. The highest BCUT2D eigenvalue weighted by atomic mass is 16.7. The number of esters is 1. The molecule has 0 heterocycles. The molecule has 0 N–H and O–H groups in total. The number of hydrogen-bond donors (Lipinski definition) is 0. The van der Waals surface area contributed by atoms with E-state index in [4.69, 9.17) is 9.47 Å². The van der Waals surface area contributed by atoms with Crippen molar-refractivity contribution in [3.05, 3.63) is 48.0 Å². The maximum absolute atomic E-state index is 11.2. The zero-order valence-electron chi connectivity index (χ0n) is 9.60. The van der Waals surface area contributed by atoms with E-state index < -0.39 is 12.3 Å². The van der Waals surface area contributed by atoms with Crippen LogP contribution < -0.4 is 0 Å². The highest BCUT2D eigenvalue weighted by Crippen LogP contribution is 2.05. The maximum Gasteiger partial charge on any atom is 0.335 e. The average molecular weight is 220 g/mol. The molecule has 0 bridgehead atoms. The summed E-state index contributed by atoms with van der Waals surface area (Å²) in [6.45, 7) is 7.21. The van der Waals surface area contributed by atoms with Gasteiger partial charge in [0.2, 0.25) is 6.29 Å². The molecule has 86 valence electrons. The lowest BCUT2D eigenvalue weighted by Crippen LogP contribution is -2.18. The Morgan fingerprint density at radius 1 is 1.38 bits per heavy atom. The van der Waals surface area contributed by atoms with Gasteiger partial charge in [0.25, 0.3) is 0 Å². The highest BCUT2D eigenvalue weighted by molar-refractivity contribution is 5.86. The van der Waals surface area contributed by atoms with Gasteiger partial charge in [0, 0.05) is 5.57 Å². The fraction of sp³-hybridized carbons (Fsp3) is 0.308. The van der Waals surface area contributed by atoms with Crippen LogP contribution in [0, 0.1) is 0 Å². The Balaban J connectivity index is 2.33. The smallest absolute Gasteiger partial charge is 0.335 e. The third kappa shape index (κ3) is 4.28. The van der Waals surface area contributed by atoms with Crippen molar-refractivity contribution in [3.63, 3.8) is 0 Å². The molecule has 3 heteroatoms. The van der Waals surface area contributed by atoms with Crippen LogP contribution in [0.15, 0.2) is 42.5 Å². The summed E-state index contributed by atoms with van der Waals surface area (Å²) in [5.41, 5.74) is 1.41. The monoisotopic (exact) mass is 220 g/mol. The standard InChI is InChI=1S/C13H16O3/c1-10(2)13(14)16-11(3)15-9-12-7-5-4-6-8-12/h4-8,11H,1,9H2,2-3H3. The summed E-state index contributed by atoms with van der Waals surface area (Å²) >= 11 is 0. The zero-order chi connectivity index (χ0) is 12.0. The fourth-order valence-corrected chi connectivity index (χ4v) is 1.07. The van der Waals surface area contributed by atoms with Gasteiger partial charge in [0.15, 0.2) is 0 Å². The number of carbonyl (C=O) groups is 1. The normalized spacial score (nSPS) is 11.9. The maximum atomic E-state index is 11.2. The number of carbonyl (C=O) groups excluding carboxylic acids is 1.